The Balaban J connectivity index is 1.96. The van der Waals surface area contributed by atoms with Crippen molar-refractivity contribution in [2.45, 2.75) is 6.61 Å². The molecule has 136 valence electrons. The second kappa shape index (κ2) is 6.74. The highest BCUT2D eigenvalue weighted by atomic mass is 16.5. The van der Waals surface area contributed by atoms with E-state index in [9.17, 15) is 9.90 Å². The Kier molecular flexibility index (Phi) is 4.25. The smallest absolute Gasteiger partial charge is 0.354 e. The molecule has 0 radical (unpaired) electrons. The highest BCUT2D eigenvalue weighted by molar-refractivity contribution is 6.11. The van der Waals surface area contributed by atoms with Gasteiger partial charge in [-0.1, -0.05) is 18.2 Å². The molecule has 2 heterocycles. The zero-order valence-corrected chi connectivity index (χ0v) is 14.9. The number of aromatic amines is 1. The van der Waals surface area contributed by atoms with Gasteiger partial charge in [-0.3, -0.25) is 0 Å². The van der Waals surface area contributed by atoms with Crippen molar-refractivity contribution >= 4 is 27.8 Å². The molecule has 0 aliphatic rings. The largest absolute Gasteiger partial charge is 0.497 e. The van der Waals surface area contributed by atoms with Gasteiger partial charge in [0.05, 0.1) is 25.4 Å². The van der Waals surface area contributed by atoms with E-state index in [0.29, 0.717) is 5.56 Å². The third-order valence-corrected chi connectivity index (χ3v) is 4.65. The number of carboxylic acid groups (broad SMARTS) is 1. The van der Waals surface area contributed by atoms with Crippen LogP contribution in [0.5, 0.6) is 5.75 Å². The summed E-state index contributed by atoms with van der Waals surface area (Å²) in [4.78, 5) is 19.0. The maximum atomic E-state index is 11.6. The molecule has 0 spiro atoms. The van der Waals surface area contributed by atoms with Gasteiger partial charge < -0.3 is 19.6 Å². The number of fused-ring (bicyclic) bond motifs is 3. The van der Waals surface area contributed by atoms with Crippen LogP contribution in [0.4, 0.5) is 0 Å². The van der Waals surface area contributed by atoms with Crippen LogP contribution < -0.4 is 4.74 Å². The van der Waals surface area contributed by atoms with Gasteiger partial charge in [-0.15, -0.1) is 0 Å². The molecule has 2 N–H and O–H groups in total. The van der Waals surface area contributed by atoms with E-state index in [0.717, 1.165) is 38.7 Å². The standard InChI is InChI=1S/C21H18N2O4/c1-26-11-16-19-15-9-13(12-3-6-14(27-2)7-4-12)5-8-17(15)23-18(19)10-22-20(16)21(24)25/h3-10,23H,11H2,1-2H3,(H,24,25). The maximum absolute atomic E-state index is 11.6. The van der Waals surface area contributed by atoms with Crippen LogP contribution >= 0.6 is 0 Å². The van der Waals surface area contributed by atoms with E-state index in [1.807, 2.05) is 36.4 Å². The predicted octanol–water partition coefficient (Wildman–Crippen LogP) is 4.24. The highest BCUT2D eigenvalue weighted by Crippen LogP contribution is 2.33. The third kappa shape index (κ3) is 2.90. The summed E-state index contributed by atoms with van der Waals surface area (Å²) in [5, 5.41) is 11.3. The first kappa shape index (κ1) is 17.1. The molecule has 27 heavy (non-hydrogen) atoms. The van der Waals surface area contributed by atoms with Gasteiger partial charge in [0, 0.05) is 29.0 Å². The van der Waals surface area contributed by atoms with Gasteiger partial charge in [-0.25, -0.2) is 9.78 Å². The highest BCUT2D eigenvalue weighted by Gasteiger charge is 2.19. The maximum Gasteiger partial charge on any atom is 0.354 e. The minimum Gasteiger partial charge on any atom is -0.497 e. The molecule has 0 fully saturated rings. The molecule has 4 rings (SSSR count). The minimum atomic E-state index is -1.07. The Morgan fingerprint density at radius 3 is 2.48 bits per heavy atom. The number of H-pyrrole nitrogens is 1. The van der Waals surface area contributed by atoms with Crippen LogP contribution in [0, 0.1) is 0 Å². The molecule has 0 amide bonds. The quantitative estimate of drug-likeness (QED) is 0.555. The van der Waals surface area contributed by atoms with E-state index in [2.05, 4.69) is 16.0 Å². The molecule has 2 aromatic carbocycles. The fraction of sp³-hybridized carbons (Fsp3) is 0.143. The number of pyridine rings is 1. The Morgan fingerprint density at radius 1 is 1.07 bits per heavy atom. The summed E-state index contributed by atoms with van der Waals surface area (Å²) in [6.45, 7) is 0.172. The lowest BCUT2D eigenvalue weighted by molar-refractivity contribution is 0.0685. The van der Waals surface area contributed by atoms with Gasteiger partial charge in [-0.05, 0) is 35.4 Å². The summed E-state index contributed by atoms with van der Waals surface area (Å²) in [7, 11) is 3.18. The average molecular weight is 362 g/mol. The summed E-state index contributed by atoms with van der Waals surface area (Å²) in [5.41, 5.74) is 4.37. The third-order valence-electron chi connectivity index (χ3n) is 4.65. The Labute approximate surface area is 155 Å². The average Bonchev–Trinajstić information content (AvgIpc) is 3.06. The number of methoxy groups -OCH3 is 2. The first-order chi connectivity index (χ1) is 13.1. The zero-order chi connectivity index (χ0) is 19.0. The lowest BCUT2D eigenvalue weighted by atomic mass is 10.0. The Bertz CT molecular complexity index is 1150. The molecular weight excluding hydrogens is 344 g/mol. The number of hydrogen-bond acceptors (Lipinski definition) is 4. The molecule has 0 aliphatic heterocycles. The number of rotatable bonds is 5. The molecule has 6 nitrogen and oxygen atoms in total. The lowest BCUT2D eigenvalue weighted by Gasteiger charge is -2.07. The van der Waals surface area contributed by atoms with Gasteiger partial charge in [0.15, 0.2) is 5.69 Å². The monoisotopic (exact) mass is 362 g/mol. The van der Waals surface area contributed by atoms with Crippen LogP contribution in [0.3, 0.4) is 0 Å². The Hall–Kier alpha value is -3.38. The van der Waals surface area contributed by atoms with E-state index in [-0.39, 0.29) is 12.3 Å². The van der Waals surface area contributed by atoms with Crippen molar-refractivity contribution < 1.29 is 19.4 Å². The fourth-order valence-corrected chi connectivity index (χ4v) is 3.39. The molecule has 0 bridgehead atoms. The van der Waals surface area contributed by atoms with Crippen molar-refractivity contribution in [2.24, 2.45) is 0 Å². The number of ether oxygens (including phenoxy) is 2. The summed E-state index contributed by atoms with van der Waals surface area (Å²) in [6.07, 6.45) is 1.56. The van der Waals surface area contributed by atoms with Crippen molar-refractivity contribution in [3.8, 4) is 16.9 Å². The molecule has 0 saturated carbocycles. The second-order valence-electron chi connectivity index (χ2n) is 6.23. The first-order valence-corrected chi connectivity index (χ1v) is 8.42. The molecule has 2 aromatic heterocycles. The minimum absolute atomic E-state index is 0.0140. The molecule has 0 atom stereocenters. The van der Waals surface area contributed by atoms with E-state index < -0.39 is 5.97 Å². The number of aromatic nitrogens is 2. The molecule has 6 heteroatoms. The molecule has 0 saturated heterocycles. The van der Waals surface area contributed by atoms with E-state index in [1.54, 1.807) is 20.4 Å². The number of hydrogen-bond donors (Lipinski definition) is 2. The SMILES string of the molecule is COCc1c(C(=O)O)ncc2[nH]c3ccc(-c4ccc(OC)cc4)cc3c12. The molecule has 4 aromatic rings. The number of nitrogens with zero attached hydrogens (tertiary/aromatic N) is 1. The fourth-order valence-electron chi connectivity index (χ4n) is 3.39. The zero-order valence-electron chi connectivity index (χ0n) is 14.9. The van der Waals surface area contributed by atoms with Gasteiger partial charge in [0.1, 0.15) is 5.75 Å². The number of benzene rings is 2. The van der Waals surface area contributed by atoms with Gasteiger partial charge in [0.2, 0.25) is 0 Å². The predicted molar refractivity (Wildman–Crippen MR) is 103 cm³/mol. The van der Waals surface area contributed by atoms with Gasteiger partial charge in [-0.2, -0.15) is 0 Å². The van der Waals surface area contributed by atoms with Crippen molar-refractivity contribution in [2.75, 3.05) is 14.2 Å². The second-order valence-corrected chi connectivity index (χ2v) is 6.23. The van der Waals surface area contributed by atoms with Crippen molar-refractivity contribution in [1.82, 2.24) is 9.97 Å². The van der Waals surface area contributed by atoms with Crippen molar-refractivity contribution in [3.63, 3.8) is 0 Å². The number of carbonyl (C=O) groups is 1. The van der Waals surface area contributed by atoms with Crippen LogP contribution in [-0.4, -0.2) is 35.3 Å². The number of aromatic carboxylic acids is 1. The number of nitrogens with one attached hydrogen (secondary N) is 1. The summed E-state index contributed by atoms with van der Waals surface area (Å²) in [6, 6.07) is 13.9. The van der Waals surface area contributed by atoms with E-state index in [1.165, 1.54) is 0 Å². The van der Waals surface area contributed by atoms with E-state index >= 15 is 0 Å². The van der Waals surface area contributed by atoms with Crippen molar-refractivity contribution in [1.29, 1.82) is 0 Å². The van der Waals surface area contributed by atoms with Crippen molar-refractivity contribution in [3.05, 3.63) is 59.9 Å². The lowest BCUT2D eigenvalue weighted by Crippen LogP contribution is -2.07. The summed E-state index contributed by atoms with van der Waals surface area (Å²) in [5.74, 6) is -0.268. The molecule has 0 aliphatic carbocycles. The molecule has 0 unspecified atom stereocenters. The van der Waals surface area contributed by atoms with Crippen LogP contribution in [0.1, 0.15) is 16.1 Å². The van der Waals surface area contributed by atoms with Crippen LogP contribution in [0.15, 0.2) is 48.7 Å². The number of carboxylic acids is 1. The summed E-state index contributed by atoms with van der Waals surface area (Å²) < 4.78 is 10.5. The normalized spacial score (nSPS) is 11.2. The molecular formula is C21H18N2O4. The first-order valence-electron chi connectivity index (χ1n) is 8.42. The van der Waals surface area contributed by atoms with Crippen LogP contribution in [0.25, 0.3) is 32.9 Å². The summed E-state index contributed by atoms with van der Waals surface area (Å²) >= 11 is 0. The van der Waals surface area contributed by atoms with Crippen LogP contribution in [0.2, 0.25) is 0 Å². The van der Waals surface area contributed by atoms with Crippen LogP contribution in [-0.2, 0) is 11.3 Å². The Morgan fingerprint density at radius 2 is 1.81 bits per heavy atom. The topological polar surface area (TPSA) is 84.4 Å². The van der Waals surface area contributed by atoms with E-state index in [4.69, 9.17) is 9.47 Å². The van der Waals surface area contributed by atoms with Gasteiger partial charge >= 0.3 is 5.97 Å². The van der Waals surface area contributed by atoms with Gasteiger partial charge in [0.25, 0.3) is 0 Å².